The number of aliphatic hydroxyl groups excluding tert-OH is 1. The predicted octanol–water partition coefficient (Wildman–Crippen LogP) is 0.772. The molecule has 0 saturated heterocycles. The standard InChI is InChI=1S/C9H14N2O/c1-7-3-5-11-6-8(7)9(12)2-4-10/h3,5-6,9,12H,2,4,10H2,1H3/t9-/m1/s1. The molecule has 12 heavy (non-hydrogen) atoms. The average molecular weight is 166 g/mol. The molecular weight excluding hydrogens is 152 g/mol. The second-order valence-corrected chi connectivity index (χ2v) is 2.83. The van der Waals surface area contributed by atoms with Crippen molar-refractivity contribution in [1.82, 2.24) is 4.98 Å². The largest absolute Gasteiger partial charge is 0.388 e. The molecule has 3 nitrogen and oxygen atoms in total. The highest BCUT2D eigenvalue weighted by molar-refractivity contribution is 5.23. The number of aryl methyl sites for hydroxylation is 1. The summed E-state index contributed by atoms with van der Waals surface area (Å²) in [6.45, 7) is 2.45. The second kappa shape index (κ2) is 4.18. The summed E-state index contributed by atoms with van der Waals surface area (Å²) in [5.41, 5.74) is 7.28. The van der Waals surface area contributed by atoms with E-state index >= 15 is 0 Å². The third-order valence-corrected chi connectivity index (χ3v) is 1.88. The van der Waals surface area contributed by atoms with E-state index in [2.05, 4.69) is 4.98 Å². The summed E-state index contributed by atoms with van der Waals surface area (Å²) in [5, 5.41) is 9.58. The number of nitrogens with zero attached hydrogens (tertiary/aromatic N) is 1. The van der Waals surface area contributed by atoms with Crippen LogP contribution in [0.3, 0.4) is 0 Å². The molecule has 0 bridgehead atoms. The van der Waals surface area contributed by atoms with E-state index in [1.54, 1.807) is 12.4 Å². The first-order chi connectivity index (χ1) is 5.75. The average Bonchev–Trinajstić information content (AvgIpc) is 2.05. The van der Waals surface area contributed by atoms with Gasteiger partial charge in [-0.3, -0.25) is 4.98 Å². The minimum Gasteiger partial charge on any atom is -0.388 e. The zero-order valence-corrected chi connectivity index (χ0v) is 7.20. The van der Waals surface area contributed by atoms with Crippen molar-refractivity contribution in [3.8, 4) is 0 Å². The first-order valence-electron chi connectivity index (χ1n) is 4.04. The van der Waals surface area contributed by atoms with Gasteiger partial charge >= 0.3 is 0 Å². The Hall–Kier alpha value is -0.930. The number of rotatable bonds is 3. The van der Waals surface area contributed by atoms with Crippen molar-refractivity contribution in [3.05, 3.63) is 29.6 Å². The van der Waals surface area contributed by atoms with Crippen LogP contribution in [0.4, 0.5) is 0 Å². The van der Waals surface area contributed by atoms with E-state index < -0.39 is 6.10 Å². The molecule has 0 radical (unpaired) electrons. The highest BCUT2D eigenvalue weighted by Crippen LogP contribution is 2.17. The molecule has 66 valence electrons. The van der Waals surface area contributed by atoms with Gasteiger partial charge in [0, 0.05) is 18.0 Å². The number of aliphatic hydroxyl groups is 1. The number of hydrogen-bond acceptors (Lipinski definition) is 3. The Morgan fingerprint density at radius 1 is 1.67 bits per heavy atom. The lowest BCUT2D eigenvalue weighted by Crippen LogP contribution is -2.08. The molecule has 0 spiro atoms. The molecule has 0 fully saturated rings. The molecule has 0 amide bonds. The Bertz CT molecular complexity index is 250. The van der Waals surface area contributed by atoms with Crippen molar-refractivity contribution >= 4 is 0 Å². The zero-order chi connectivity index (χ0) is 8.97. The predicted molar refractivity (Wildman–Crippen MR) is 47.6 cm³/mol. The van der Waals surface area contributed by atoms with Gasteiger partial charge in [0.2, 0.25) is 0 Å². The third kappa shape index (κ3) is 2.03. The van der Waals surface area contributed by atoms with Crippen LogP contribution in [0.2, 0.25) is 0 Å². The fraction of sp³-hybridized carbons (Fsp3) is 0.444. The summed E-state index contributed by atoms with van der Waals surface area (Å²) in [4.78, 5) is 3.95. The van der Waals surface area contributed by atoms with Crippen LogP contribution in [-0.4, -0.2) is 16.6 Å². The highest BCUT2D eigenvalue weighted by atomic mass is 16.3. The van der Waals surface area contributed by atoms with E-state index in [0.29, 0.717) is 13.0 Å². The van der Waals surface area contributed by atoms with Crippen LogP contribution >= 0.6 is 0 Å². The van der Waals surface area contributed by atoms with Crippen molar-refractivity contribution in [1.29, 1.82) is 0 Å². The van der Waals surface area contributed by atoms with Crippen molar-refractivity contribution in [3.63, 3.8) is 0 Å². The molecule has 1 atom stereocenters. The molecule has 1 rings (SSSR count). The summed E-state index contributed by atoms with van der Waals surface area (Å²) < 4.78 is 0. The molecule has 0 aromatic carbocycles. The second-order valence-electron chi connectivity index (χ2n) is 2.83. The number of nitrogens with two attached hydrogens (primary N) is 1. The van der Waals surface area contributed by atoms with Crippen LogP contribution in [-0.2, 0) is 0 Å². The van der Waals surface area contributed by atoms with Crippen LogP contribution < -0.4 is 5.73 Å². The molecule has 1 aromatic heterocycles. The first kappa shape index (κ1) is 9.16. The van der Waals surface area contributed by atoms with Gasteiger partial charge in [0.05, 0.1) is 6.10 Å². The maximum absolute atomic E-state index is 9.58. The topological polar surface area (TPSA) is 59.1 Å². The monoisotopic (exact) mass is 166 g/mol. The Kier molecular flexibility index (Phi) is 3.19. The van der Waals surface area contributed by atoms with E-state index in [9.17, 15) is 5.11 Å². The van der Waals surface area contributed by atoms with E-state index in [0.717, 1.165) is 11.1 Å². The van der Waals surface area contributed by atoms with E-state index in [-0.39, 0.29) is 0 Å². The minimum absolute atomic E-state index is 0.469. The number of hydrogen-bond donors (Lipinski definition) is 2. The highest BCUT2D eigenvalue weighted by Gasteiger charge is 2.08. The smallest absolute Gasteiger partial charge is 0.0819 e. The molecule has 0 aliphatic heterocycles. The third-order valence-electron chi connectivity index (χ3n) is 1.88. The van der Waals surface area contributed by atoms with Gasteiger partial charge in [-0.15, -0.1) is 0 Å². The van der Waals surface area contributed by atoms with Crippen LogP contribution in [0, 0.1) is 6.92 Å². The van der Waals surface area contributed by atoms with Crippen LogP contribution in [0.5, 0.6) is 0 Å². The Balaban J connectivity index is 2.79. The molecular formula is C9H14N2O. The molecule has 1 heterocycles. The van der Waals surface area contributed by atoms with Gasteiger partial charge in [0.1, 0.15) is 0 Å². The normalized spacial score (nSPS) is 12.9. The van der Waals surface area contributed by atoms with E-state index in [1.807, 2.05) is 13.0 Å². The molecule has 0 aliphatic carbocycles. The van der Waals surface area contributed by atoms with E-state index in [1.165, 1.54) is 0 Å². The lowest BCUT2D eigenvalue weighted by Gasteiger charge is -2.10. The van der Waals surface area contributed by atoms with Gasteiger partial charge in [-0.1, -0.05) is 0 Å². The summed E-state index contributed by atoms with van der Waals surface area (Å²) in [6.07, 6.45) is 3.53. The minimum atomic E-state index is -0.469. The molecule has 1 aromatic rings. The van der Waals surface area contributed by atoms with Crippen molar-refractivity contribution in [2.24, 2.45) is 5.73 Å². The van der Waals surface area contributed by atoms with Gasteiger partial charge < -0.3 is 10.8 Å². The fourth-order valence-electron chi connectivity index (χ4n) is 1.14. The molecule has 0 aliphatic rings. The van der Waals surface area contributed by atoms with Gasteiger partial charge in [-0.25, -0.2) is 0 Å². The van der Waals surface area contributed by atoms with Crippen LogP contribution in [0.15, 0.2) is 18.5 Å². The van der Waals surface area contributed by atoms with Crippen LogP contribution in [0.1, 0.15) is 23.7 Å². The molecule has 0 saturated carbocycles. The van der Waals surface area contributed by atoms with Crippen molar-refractivity contribution in [2.45, 2.75) is 19.4 Å². The quantitative estimate of drug-likeness (QED) is 0.697. The number of pyridine rings is 1. The summed E-state index contributed by atoms with van der Waals surface area (Å²) in [5.74, 6) is 0. The Morgan fingerprint density at radius 3 is 3.00 bits per heavy atom. The van der Waals surface area contributed by atoms with Crippen LogP contribution in [0.25, 0.3) is 0 Å². The lowest BCUT2D eigenvalue weighted by molar-refractivity contribution is 0.169. The summed E-state index contributed by atoms with van der Waals surface area (Å²) in [7, 11) is 0. The van der Waals surface area contributed by atoms with Gasteiger partial charge in [-0.2, -0.15) is 0 Å². The molecule has 3 heteroatoms. The number of aromatic nitrogens is 1. The van der Waals surface area contributed by atoms with Crippen molar-refractivity contribution in [2.75, 3.05) is 6.54 Å². The Labute approximate surface area is 72.2 Å². The van der Waals surface area contributed by atoms with Gasteiger partial charge in [0.25, 0.3) is 0 Å². The van der Waals surface area contributed by atoms with E-state index in [4.69, 9.17) is 5.73 Å². The van der Waals surface area contributed by atoms with Gasteiger partial charge in [0.15, 0.2) is 0 Å². The first-order valence-corrected chi connectivity index (χ1v) is 4.04. The fourth-order valence-corrected chi connectivity index (χ4v) is 1.14. The zero-order valence-electron chi connectivity index (χ0n) is 7.20. The maximum Gasteiger partial charge on any atom is 0.0819 e. The summed E-state index contributed by atoms with van der Waals surface area (Å²) >= 11 is 0. The SMILES string of the molecule is Cc1ccncc1[C@H](O)CCN. The maximum atomic E-state index is 9.58. The molecule has 0 unspecified atom stereocenters. The Morgan fingerprint density at radius 2 is 2.42 bits per heavy atom. The summed E-state index contributed by atoms with van der Waals surface area (Å²) in [6, 6.07) is 1.88. The van der Waals surface area contributed by atoms with Gasteiger partial charge in [-0.05, 0) is 31.5 Å². The van der Waals surface area contributed by atoms with Crippen molar-refractivity contribution < 1.29 is 5.11 Å². The lowest BCUT2D eigenvalue weighted by atomic mass is 10.0. The molecule has 3 N–H and O–H groups in total.